The van der Waals surface area contributed by atoms with Crippen LogP contribution in [0.5, 0.6) is 11.5 Å². The van der Waals surface area contributed by atoms with E-state index in [4.69, 9.17) is 9.57 Å². The zero-order valence-electron chi connectivity index (χ0n) is 11.5. The third-order valence-electron chi connectivity index (χ3n) is 2.90. The number of ether oxygens (including phenoxy) is 2. The minimum absolute atomic E-state index is 0.293. The van der Waals surface area contributed by atoms with Crippen molar-refractivity contribution < 1.29 is 27.5 Å². The van der Waals surface area contributed by atoms with Gasteiger partial charge >= 0.3 is 6.36 Å². The number of rotatable bonds is 3. The van der Waals surface area contributed by atoms with Crippen molar-refractivity contribution in [3.63, 3.8) is 0 Å². The number of halogens is 3. The van der Waals surface area contributed by atoms with E-state index in [0.29, 0.717) is 23.6 Å². The van der Waals surface area contributed by atoms with Crippen LogP contribution in [0.2, 0.25) is 0 Å². The van der Waals surface area contributed by atoms with E-state index in [1.165, 1.54) is 43.0 Å². The lowest BCUT2D eigenvalue weighted by atomic mass is 10.1. The number of hydrogen-bond acceptors (Lipinski definition) is 6. The molecule has 1 aromatic heterocycles. The molecule has 0 bridgehead atoms. The summed E-state index contributed by atoms with van der Waals surface area (Å²) in [6, 6.07) is 5.40. The molecule has 0 fully saturated rings. The second-order valence-corrected chi connectivity index (χ2v) is 4.58. The molecule has 6 nitrogen and oxygen atoms in total. The molecular formula is C14H10F3N3O3. The lowest BCUT2D eigenvalue weighted by molar-refractivity contribution is -0.274. The zero-order valence-corrected chi connectivity index (χ0v) is 11.5. The average Bonchev–Trinajstić information content (AvgIpc) is 2.96. The predicted octanol–water partition coefficient (Wildman–Crippen LogP) is 3.23. The van der Waals surface area contributed by atoms with Crippen molar-refractivity contribution in [3.8, 4) is 11.5 Å². The second kappa shape index (κ2) is 6.11. The van der Waals surface area contributed by atoms with Gasteiger partial charge in [0.2, 0.25) is 5.90 Å². The van der Waals surface area contributed by atoms with E-state index in [-0.39, 0.29) is 5.75 Å². The fraction of sp³-hybridized carbons (Fsp3) is 0.214. The van der Waals surface area contributed by atoms with Crippen LogP contribution >= 0.6 is 0 Å². The smallest absolute Gasteiger partial charge is 0.436 e. The summed E-state index contributed by atoms with van der Waals surface area (Å²) in [5.74, 6) is 0.461. The van der Waals surface area contributed by atoms with Gasteiger partial charge < -0.3 is 14.3 Å². The Kier molecular flexibility index (Phi) is 4.00. The van der Waals surface area contributed by atoms with Gasteiger partial charge in [0, 0.05) is 0 Å². The van der Waals surface area contributed by atoms with Crippen LogP contribution in [0.4, 0.5) is 13.2 Å². The number of hydrogen-bond donors (Lipinski definition) is 0. The van der Waals surface area contributed by atoms with Crippen LogP contribution in [0.3, 0.4) is 0 Å². The van der Waals surface area contributed by atoms with Gasteiger partial charge in [-0.05, 0) is 17.7 Å². The van der Waals surface area contributed by atoms with Gasteiger partial charge in [-0.15, -0.1) is 13.2 Å². The molecular weight excluding hydrogens is 315 g/mol. The lowest BCUT2D eigenvalue weighted by Crippen LogP contribution is -2.17. The zero-order chi connectivity index (χ0) is 16.3. The first-order valence-electron chi connectivity index (χ1n) is 6.51. The molecule has 0 spiro atoms. The van der Waals surface area contributed by atoms with Crippen molar-refractivity contribution >= 4 is 5.90 Å². The topological polar surface area (TPSA) is 65.8 Å². The first kappa shape index (κ1) is 15.1. The SMILES string of the molecule is FC(F)(F)Oc1ccc([C@@H]2CC(Oc3cncnc3)=NO2)cc1. The van der Waals surface area contributed by atoms with Crippen LogP contribution in [0, 0.1) is 0 Å². The lowest BCUT2D eigenvalue weighted by Gasteiger charge is -2.11. The summed E-state index contributed by atoms with van der Waals surface area (Å²) < 4.78 is 45.6. The van der Waals surface area contributed by atoms with Crippen molar-refractivity contribution in [2.24, 2.45) is 5.16 Å². The molecule has 0 radical (unpaired) electrons. The van der Waals surface area contributed by atoms with Gasteiger partial charge in [-0.3, -0.25) is 0 Å². The molecule has 2 heterocycles. The maximum absolute atomic E-state index is 12.1. The molecule has 1 aliphatic rings. The quantitative estimate of drug-likeness (QED) is 0.867. The summed E-state index contributed by atoms with van der Waals surface area (Å²) >= 11 is 0. The van der Waals surface area contributed by atoms with Crippen LogP contribution in [0.15, 0.2) is 48.1 Å². The highest BCUT2D eigenvalue weighted by molar-refractivity contribution is 5.79. The number of oxime groups is 1. The fourth-order valence-electron chi connectivity index (χ4n) is 1.95. The van der Waals surface area contributed by atoms with Crippen LogP contribution in [0.25, 0.3) is 0 Å². The van der Waals surface area contributed by atoms with Crippen molar-refractivity contribution in [3.05, 3.63) is 48.5 Å². The molecule has 9 heteroatoms. The van der Waals surface area contributed by atoms with Crippen molar-refractivity contribution in [2.45, 2.75) is 18.9 Å². The Morgan fingerprint density at radius 2 is 1.74 bits per heavy atom. The van der Waals surface area contributed by atoms with Crippen molar-refractivity contribution in [2.75, 3.05) is 0 Å². The van der Waals surface area contributed by atoms with Crippen LogP contribution in [-0.4, -0.2) is 22.2 Å². The third kappa shape index (κ3) is 4.09. The van der Waals surface area contributed by atoms with E-state index in [2.05, 4.69) is 19.9 Å². The van der Waals surface area contributed by atoms with Gasteiger partial charge in [0.15, 0.2) is 11.9 Å². The highest BCUT2D eigenvalue weighted by atomic mass is 19.4. The molecule has 1 aliphatic heterocycles. The van der Waals surface area contributed by atoms with Gasteiger partial charge in [-0.25, -0.2) is 9.97 Å². The summed E-state index contributed by atoms with van der Waals surface area (Å²) in [6.45, 7) is 0. The summed E-state index contributed by atoms with van der Waals surface area (Å²) in [6.07, 6.45) is -0.484. The summed E-state index contributed by atoms with van der Waals surface area (Å²) in [4.78, 5) is 12.8. The molecule has 1 atom stereocenters. The highest BCUT2D eigenvalue weighted by Crippen LogP contribution is 2.30. The first-order valence-corrected chi connectivity index (χ1v) is 6.51. The molecule has 1 aromatic carbocycles. The van der Waals surface area contributed by atoms with Gasteiger partial charge in [-0.1, -0.05) is 17.3 Å². The van der Waals surface area contributed by atoms with Gasteiger partial charge in [0.25, 0.3) is 0 Å². The van der Waals surface area contributed by atoms with Gasteiger partial charge in [0.1, 0.15) is 12.1 Å². The van der Waals surface area contributed by atoms with Crippen molar-refractivity contribution in [1.82, 2.24) is 9.97 Å². The summed E-state index contributed by atoms with van der Waals surface area (Å²) in [5.41, 5.74) is 0.659. The molecule has 0 unspecified atom stereocenters. The largest absolute Gasteiger partial charge is 0.573 e. The molecule has 120 valence electrons. The monoisotopic (exact) mass is 325 g/mol. The van der Waals surface area contributed by atoms with E-state index in [0.717, 1.165) is 0 Å². The van der Waals surface area contributed by atoms with E-state index in [9.17, 15) is 13.2 Å². The maximum Gasteiger partial charge on any atom is 0.573 e. The molecule has 0 aliphatic carbocycles. The molecule has 0 amide bonds. The van der Waals surface area contributed by atoms with Crippen LogP contribution in [-0.2, 0) is 4.84 Å². The standard InChI is InChI=1S/C14H10F3N3O3/c15-14(16,17)22-10-3-1-9(2-4-10)12-5-13(20-23-12)21-11-6-18-8-19-7-11/h1-4,6-8,12H,5H2/t12-/m0/s1. The van der Waals surface area contributed by atoms with E-state index in [1.54, 1.807) is 0 Å². The Hall–Kier alpha value is -2.84. The molecule has 3 rings (SSSR count). The Balaban J connectivity index is 1.59. The fourth-order valence-corrected chi connectivity index (χ4v) is 1.95. The number of benzene rings is 1. The normalized spacial score (nSPS) is 17.3. The Labute approximate surface area is 128 Å². The molecule has 0 N–H and O–H groups in total. The van der Waals surface area contributed by atoms with E-state index < -0.39 is 12.5 Å². The molecule has 0 saturated heterocycles. The Morgan fingerprint density at radius 3 is 2.39 bits per heavy atom. The maximum atomic E-state index is 12.1. The minimum atomic E-state index is -4.72. The summed E-state index contributed by atoms with van der Waals surface area (Å²) in [5, 5.41) is 3.80. The van der Waals surface area contributed by atoms with Crippen molar-refractivity contribution in [1.29, 1.82) is 0 Å². The van der Waals surface area contributed by atoms with E-state index >= 15 is 0 Å². The first-order chi connectivity index (χ1) is 11.0. The Bertz CT molecular complexity index is 690. The number of alkyl halides is 3. The predicted molar refractivity (Wildman–Crippen MR) is 71.7 cm³/mol. The molecule has 0 saturated carbocycles. The highest BCUT2D eigenvalue weighted by Gasteiger charge is 2.31. The third-order valence-corrected chi connectivity index (χ3v) is 2.90. The molecule has 23 heavy (non-hydrogen) atoms. The van der Waals surface area contributed by atoms with Crippen LogP contribution in [0.1, 0.15) is 18.1 Å². The number of nitrogens with zero attached hydrogens (tertiary/aromatic N) is 3. The molecule has 2 aromatic rings. The van der Waals surface area contributed by atoms with E-state index in [1.807, 2.05) is 0 Å². The Morgan fingerprint density at radius 1 is 1.04 bits per heavy atom. The van der Waals surface area contributed by atoms with Crippen LogP contribution < -0.4 is 9.47 Å². The van der Waals surface area contributed by atoms with Gasteiger partial charge in [0.05, 0.1) is 18.8 Å². The van der Waals surface area contributed by atoms with Gasteiger partial charge in [-0.2, -0.15) is 0 Å². The minimum Gasteiger partial charge on any atom is -0.436 e. The second-order valence-electron chi connectivity index (χ2n) is 4.58. The number of aromatic nitrogens is 2. The average molecular weight is 325 g/mol. The summed E-state index contributed by atoms with van der Waals surface area (Å²) in [7, 11) is 0.